The van der Waals surface area contributed by atoms with Gasteiger partial charge in [0.15, 0.2) is 5.43 Å². The highest BCUT2D eigenvalue weighted by molar-refractivity contribution is 5.95. The molecule has 0 aliphatic heterocycles. The fourth-order valence-corrected chi connectivity index (χ4v) is 4.62. The number of amides is 1. The lowest BCUT2D eigenvalue weighted by Gasteiger charge is -2.23. The molecule has 2 aromatic heterocycles. The normalized spacial score (nSPS) is 15.0. The summed E-state index contributed by atoms with van der Waals surface area (Å²) in [5, 5.41) is 3.14. The molecule has 5 heteroatoms. The molecule has 0 bridgehead atoms. The van der Waals surface area contributed by atoms with Crippen molar-refractivity contribution in [2.75, 3.05) is 0 Å². The molecule has 0 spiro atoms. The standard InChI is InChI=1S/C26H29N3O2/c1-18-16-23(30)24(22(29(18)2)17-19-8-6-7-9-19)26(31)28-25(20-10-4-3-5-11-20)21-12-14-27-15-13-21/h3-5,10-16,19,25H,6-9,17H2,1-2H3,(H,28,31)/t25-/m0/s1. The number of hydrogen-bond acceptors (Lipinski definition) is 3. The largest absolute Gasteiger partial charge is 0.351 e. The Morgan fingerprint density at radius 3 is 2.42 bits per heavy atom. The van der Waals surface area contributed by atoms with Crippen molar-refractivity contribution in [1.82, 2.24) is 14.9 Å². The first kappa shape index (κ1) is 21.0. The molecule has 0 radical (unpaired) electrons. The van der Waals surface area contributed by atoms with Gasteiger partial charge in [0.1, 0.15) is 5.56 Å². The van der Waals surface area contributed by atoms with Crippen LogP contribution in [0.15, 0.2) is 65.7 Å². The second-order valence-corrected chi connectivity index (χ2v) is 8.48. The van der Waals surface area contributed by atoms with Crippen molar-refractivity contribution in [1.29, 1.82) is 0 Å². The van der Waals surface area contributed by atoms with Crippen molar-refractivity contribution in [3.8, 4) is 0 Å². The summed E-state index contributed by atoms with van der Waals surface area (Å²) >= 11 is 0. The van der Waals surface area contributed by atoms with Crippen molar-refractivity contribution >= 4 is 5.91 Å². The molecule has 5 nitrogen and oxygen atoms in total. The molecule has 31 heavy (non-hydrogen) atoms. The van der Waals surface area contributed by atoms with Crippen LogP contribution in [0.5, 0.6) is 0 Å². The Hall–Kier alpha value is -3.21. The molecule has 3 aromatic rings. The topological polar surface area (TPSA) is 64.0 Å². The predicted octanol–water partition coefficient (Wildman–Crippen LogP) is 4.34. The number of aromatic nitrogens is 2. The number of hydrogen-bond donors (Lipinski definition) is 1. The summed E-state index contributed by atoms with van der Waals surface area (Å²) in [5.41, 5.74) is 3.68. The van der Waals surface area contributed by atoms with E-state index in [1.165, 1.54) is 12.8 Å². The lowest BCUT2D eigenvalue weighted by molar-refractivity contribution is 0.0939. The van der Waals surface area contributed by atoms with Crippen LogP contribution in [0.25, 0.3) is 0 Å². The fourth-order valence-electron chi connectivity index (χ4n) is 4.62. The maximum atomic E-state index is 13.5. The second kappa shape index (κ2) is 9.29. The Labute approximate surface area is 183 Å². The van der Waals surface area contributed by atoms with E-state index in [9.17, 15) is 9.59 Å². The van der Waals surface area contributed by atoms with Gasteiger partial charge in [-0.2, -0.15) is 0 Å². The predicted molar refractivity (Wildman–Crippen MR) is 122 cm³/mol. The van der Waals surface area contributed by atoms with E-state index in [4.69, 9.17) is 0 Å². The third kappa shape index (κ3) is 4.61. The number of pyridine rings is 2. The zero-order chi connectivity index (χ0) is 21.8. The number of nitrogens with one attached hydrogen (secondary N) is 1. The minimum absolute atomic E-state index is 0.206. The van der Waals surface area contributed by atoms with E-state index in [0.29, 0.717) is 5.92 Å². The van der Waals surface area contributed by atoms with Crippen LogP contribution >= 0.6 is 0 Å². The first-order valence-electron chi connectivity index (χ1n) is 11.0. The zero-order valence-corrected chi connectivity index (χ0v) is 18.2. The molecular weight excluding hydrogens is 386 g/mol. The summed E-state index contributed by atoms with van der Waals surface area (Å²) in [7, 11) is 1.95. The summed E-state index contributed by atoms with van der Waals surface area (Å²) in [6.07, 6.45) is 8.97. The van der Waals surface area contributed by atoms with Gasteiger partial charge in [-0.3, -0.25) is 14.6 Å². The van der Waals surface area contributed by atoms with Crippen LogP contribution in [0, 0.1) is 12.8 Å². The van der Waals surface area contributed by atoms with Crippen LogP contribution in [-0.2, 0) is 13.5 Å². The monoisotopic (exact) mass is 415 g/mol. The van der Waals surface area contributed by atoms with Crippen LogP contribution in [0.1, 0.15) is 64.6 Å². The molecule has 1 amide bonds. The number of benzene rings is 1. The smallest absolute Gasteiger partial charge is 0.257 e. The summed E-state index contributed by atoms with van der Waals surface area (Å²) in [4.78, 5) is 30.6. The molecule has 1 aromatic carbocycles. The maximum absolute atomic E-state index is 13.5. The molecule has 2 heterocycles. The fraction of sp³-hybridized carbons (Fsp3) is 0.346. The SMILES string of the molecule is Cc1cc(=O)c(C(=O)N[C@@H](c2ccccc2)c2ccncc2)c(CC2CCCC2)n1C. The highest BCUT2D eigenvalue weighted by atomic mass is 16.2. The highest BCUT2D eigenvalue weighted by Gasteiger charge is 2.26. The number of carbonyl (C=O) groups is 1. The van der Waals surface area contributed by atoms with Gasteiger partial charge in [0.2, 0.25) is 0 Å². The van der Waals surface area contributed by atoms with Crippen LogP contribution in [0.4, 0.5) is 0 Å². The van der Waals surface area contributed by atoms with Crippen molar-refractivity contribution in [2.45, 2.75) is 45.1 Å². The third-order valence-electron chi connectivity index (χ3n) is 6.44. The van der Waals surface area contributed by atoms with Crippen molar-refractivity contribution < 1.29 is 4.79 Å². The van der Waals surface area contributed by atoms with Crippen molar-refractivity contribution in [2.24, 2.45) is 13.0 Å². The Balaban J connectivity index is 1.72. The van der Waals surface area contributed by atoms with E-state index in [1.54, 1.807) is 18.5 Å². The average molecular weight is 416 g/mol. The van der Waals surface area contributed by atoms with Gasteiger partial charge in [0, 0.05) is 36.9 Å². The van der Waals surface area contributed by atoms with Crippen LogP contribution in [0.3, 0.4) is 0 Å². The molecule has 160 valence electrons. The van der Waals surface area contributed by atoms with E-state index >= 15 is 0 Å². The summed E-state index contributed by atoms with van der Waals surface area (Å²) in [6, 6.07) is 14.8. The minimum atomic E-state index is -0.359. The Morgan fingerprint density at radius 2 is 1.74 bits per heavy atom. The molecule has 1 aliphatic carbocycles. The summed E-state index contributed by atoms with van der Waals surface area (Å²) < 4.78 is 2.01. The Morgan fingerprint density at radius 1 is 1.10 bits per heavy atom. The van der Waals surface area contributed by atoms with E-state index < -0.39 is 0 Å². The lowest BCUT2D eigenvalue weighted by atomic mass is 9.96. The molecule has 1 N–H and O–H groups in total. The minimum Gasteiger partial charge on any atom is -0.351 e. The van der Waals surface area contributed by atoms with E-state index in [2.05, 4.69) is 10.3 Å². The first-order valence-corrected chi connectivity index (χ1v) is 11.0. The molecule has 1 aliphatic rings. The van der Waals surface area contributed by atoms with Gasteiger partial charge in [-0.25, -0.2) is 0 Å². The summed E-state index contributed by atoms with van der Waals surface area (Å²) in [5.74, 6) is 0.211. The van der Waals surface area contributed by atoms with Crippen LogP contribution < -0.4 is 10.7 Å². The van der Waals surface area contributed by atoms with Crippen molar-refractivity contribution in [3.63, 3.8) is 0 Å². The molecular formula is C26H29N3O2. The van der Waals surface area contributed by atoms with Crippen LogP contribution in [-0.4, -0.2) is 15.5 Å². The van der Waals surface area contributed by atoms with Gasteiger partial charge < -0.3 is 9.88 Å². The van der Waals surface area contributed by atoms with Gasteiger partial charge >= 0.3 is 0 Å². The molecule has 4 rings (SSSR count). The quantitative estimate of drug-likeness (QED) is 0.651. The van der Waals surface area contributed by atoms with E-state index in [1.807, 2.05) is 61.0 Å². The van der Waals surface area contributed by atoms with Gasteiger partial charge in [-0.15, -0.1) is 0 Å². The second-order valence-electron chi connectivity index (χ2n) is 8.48. The average Bonchev–Trinajstić information content (AvgIpc) is 3.30. The summed E-state index contributed by atoms with van der Waals surface area (Å²) in [6.45, 7) is 1.92. The van der Waals surface area contributed by atoms with Gasteiger partial charge in [-0.1, -0.05) is 56.0 Å². The first-order chi connectivity index (χ1) is 15.0. The van der Waals surface area contributed by atoms with Gasteiger partial charge in [0.05, 0.1) is 6.04 Å². The van der Waals surface area contributed by atoms with E-state index in [-0.39, 0.29) is 22.9 Å². The number of aryl methyl sites for hydroxylation is 1. The number of carbonyl (C=O) groups excluding carboxylic acids is 1. The number of nitrogens with zero attached hydrogens (tertiary/aromatic N) is 2. The molecule has 0 saturated heterocycles. The molecule has 1 atom stereocenters. The van der Waals surface area contributed by atoms with E-state index in [0.717, 1.165) is 41.8 Å². The number of rotatable bonds is 6. The molecule has 1 fully saturated rings. The molecule has 0 unspecified atom stereocenters. The molecule has 1 saturated carbocycles. The maximum Gasteiger partial charge on any atom is 0.257 e. The van der Waals surface area contributed by atoms with Crippen LogP contribution in [0.2, 0.25) is 0 Å². The Kier molecular flexibility index (Phi) is 6.31. The lowest BCUT2D eigenvalue weighted by Crippen LogP contribution is -2.35. The third-order valence-corrected chi connectivity index (χ3v) is 6.44. The van der Waals surface area contributed by atoms with Gasteiger partial charge in [-0.05, 0) is 42.5 Å². The van der Waals surface area contributed by atoms with Gasteiger partial charge in [0.25, 0.3) is 5.91 Å². The van der Waals surface area contributed by atoms with Crippen molar-refractivity contribution in [3.05, 3.63) is 99.2 Å². The zero-order valence-electron chi connectivity index (χ0n) is 18.2. The highest BCUT2D eigenvalue weighted by Crippen LogP contribution is 2.29. The Bertz CT molecular complexity index is 1060.